The molecule has 1 aromatic carbocycles. The third kappa shape index (κ3) is 4.76. The van der Waals surface area contributed by atoms with E-state index in [0.29, 0.717) is 5.82 Å². The van der Waals surface area contributed by atoms with Gasteiger partial charge in [0.25, 0.3) is 0 Å². The van der Waals surface area contributed by atoms with E-state index in [0.717, 1.165) is 5.56 Å². The molecule has 0 radical (unpaired) electrons. The molecule has 0 aliphatic carbocycles. The summed E-state index contributed by atoms with van der Waals surface area (Å²) in [4.78, 5) is 4.04. The normalized spacial score (nSPS) is 12.3. The molecule has 1 N–H and O–H groups in total. The Labute approximate surface area is 135 Å². The Morgan fingerprint density at radius 3 is 2.43 bits per heavy atom. The van der Waals surface area contributed by atoms with Gasteiger partial charge in [-0.3, -0.25) is 0 Å². The second kappa shape index (κ2) is 6.75. The number of alkyl halides is 3. The maximum absolute atomic E-state index is 12.1. The zero-order chi connectivity index (χ0) is 17.0. The van der Waals surface area contributed by atoms with Crippen LogP contribution in [0.15, 0.2) is 36.4 Å². The zero-order valence-corrected chi connectivity index (χ0v) is 12.6. The van der Waals surface area contributed by atoms with Crippen molar-refractivity contribution < 1.29 is 17.9 Å². The van der Waals surface area contributed by atoms with Crippen LogP contribution in [0.4, 0.5) is 19.0 Å². The number of hydrogen-bond acceptors (Lipinski definition) is 4. The smallest absolute Gasteiger partial charge is 0.406 e. The lowest BCUT2D eigenvalue weighted by Gasteiger charge is -2.16. The van der Waals surface area contributed by atoms with Crippen molar-refractivity contribution in [2.24, 2.45) is 0 Å². The number of anilines is 1. The van der Waals surface area contributed by atoms with Crippen molar-refractivity contribution in [2.45, 2.75) is 19.3 Å². The molecule has 0 bridgehead atoms. The third-order valence-electron chi connectivity index (χ3n) is 2.93. The quantitative estimate of drug-likeness (QED) is 0.877. The van der Waals surface area contributed by atoms with E-state index in [9.17, 15) is 13.2 Å². The Bertz CT molecular complexity index is 726. The van der Waals surface area contributed by atoms with Crippen molar-refractivity contribution in [1.82, 2.24) is 4.98 Å². The van der Waals surface area contributed by atoms with Gasteiger partial charge in [-0.25, -0.2) is 4.98 Å². The van der Waals surface area contributed by atoms with Crippen molar-refractivity contribution in [2.75, 3.05) is 5.32 Å². The standard InChI is InChI=1S/C15H11ClF3N3O/c1-9(21-14-7-6-12(16)13(8-20)22-14)10-2-4-11(5-3-10)23-15(17,18)19/h2-7,9H,1H3,(H,21,22)/t9-/m0/s1. The first kappa shape index (κ1) is 16.9. The van der Waals surface area contributed by atoms with E-state index in [1.807, 2.05) is 13.0 Å². The van der Waals surface area contributed by atoms with Crippen LogP contribution < -0.4 is 10.1 Å². The maximum Gasteiger partial charge on any atom is 0.573 e. The fourth-order valence-corrected chi connectivity index (χ4v) is 2.01. The van der Waals surface area contributed by atoms with E-state index >= 15 is 0 Å². The van der Waals surface area contributed by atoms with Crippen LogP contribution in [-0.4, -0.2) is 11.3 Å². The number of rotatable bonds is 4. The largest absolute Gasteiger partial charge is 0.573 e. The molecule has 4 nitrogen and oxygen atoms in total. The Hall–Kier alpha value is -2.46. The van der Waals surface area contributed by atoms with Crippen molar-refractivity contribution in [3.05, 3.63) is 52.7 Å². The molecule has 2 aromatic rings. The topological polar surface area (TPSA) is 57.9 Å². The van der Waals surface area contributed by atoms with Gasteiger partial charge in [0.2, 0.25) is 0 Å². The second-order valence-electron chi connectivity index (χ2n) is 4.62. The molecule has 23 heavy (non-hydrogen) atoms. The Balaban J connectivity index is 2.09. The summed E-state index contributed by atoms with van der Waals surface area (Å²) in [5.41, 5.74) is 0.826. The Kier molecular flexibility index (Phi) is 4.96. The molecule has 0 aliphatic rings. The molecule has 1 aromatic heterocycles. The predicted molar refractivity (Wildman–Crippen MR) is 79.1 cm³/mol. The SMILES string of the molecule is C[C@H](Nc1ccc(Cl)c(C#N)n1)c1ccc(OC(F)(F)F)cc1. The molecule has 1 heterocycles. The van der Waals surface area contributed by atoms with Crippen LogP contribution in [0.2, 0.25) is 5.02 Å². The van der Waals surface area contributed by atoms with Gasteiger partial charge in [0.15, 0.2) is 5.69 Å². The molecule has 0 fully saturated rings. The molecule has 0 saturated heterocycles. The van der Waals surface area contributed by atoms with E-state index < -0.39 is 6.36 Å². The zero-order valence-electron chi connectivity index (χ0n) is 11.9. The van der Waals surface area contributed by atoms with Crippen LogP contribution in [0.25, 0.3) is 0 Å². The molecule has 0 aliphatic heterocycles. The number of halogens is 4. The molecular weight excluding hydrogens is 331 g/mol. The first-order valence-electron chi connectivity index (χ1n) is 6.47. The minimum Gasteiger partial charge on any atom is -0.406 e. The summed E-state index contributed by atoms with van der Waals surface area (Å²) >= 11 is 5.80. The average molecular weight is 342 g/mol. The van der Waals surface area contributed by atoms with Gasteiger partial charge >= 0.3 is 6.36 Å². The molecule has 1 atom stereocenters. The highest BCUT2D eigenvalue weighted by Gasteiger charge is 2.31. The first-order valence-corrected chi connectivity index (χ1v) is 6.85. The van der Waals surface area contributed by atoms with Crippen molar-refractivity contribution >= 4 is 17.4 Å². The number of hydrogen-bond donors (Lipinski definition) is 1. The van der Waals surface area contributed by atoms with Gasteiger partial charge in [0.1, 0.15) is 17.6 Å². The van der Waals surface area contributed by atoms with Crippen LogP contribution in [-0.2, 0) is 0 Å². The van der Waals surface area contributed by atoms with Gasteiger partial charge in [0.05, 0.1) is 5.02 Å². The Morgan fingerprint density at radius 1 is 1.22 bits per heavy atom. The van der Waals surface area contributed by atoms with E-state index in [-0.39, 0.29) is 22.5 Å². The number of ether oxygens (including phenoxy) is 1. The van der Waals surface area contributed by atoms with Gasteiger partial charge in [-0.05, 0) is 36.8 Å². The van der Waals surface area contributed by atoms with Gasteiger partial charge in [-0.15, -0.1) is 13.2 Å². The molecule has 0 saturated carbocycles. The number of pyridine rings is 1. The van der Waals surface area contributed by atoms with E-state index in [4.69, 9.17) is 16.9 Å². The lowest BCUT2D eigenvalue weighted by Crippen LogP contribution is -2.17. The minimum atomic E-state index is -4.72. The number of benzene rings is 1. The summed E-state index contributed by atoms with van der Waals surface area (Å²) in [7, 11) is 0. The molecule has 120 valence electrons. The van der Waals surface area contributed by atoms with Crippen molar-refractivity contribution in [3.8, 4) is 11.8 Å². The summed E-state index contributed by atoms with van der Waals surface area (Å²) in [6.07, 6.45) is -4.72. The molecule has 0 unspecified atom stereocenters. The summed E-state index contributed by atoms with van der Waals surface area (Å²) in [6, 6.07) is 10.3. The Morgan fingerprint density at radius 2 is 1.87 bits per heavy atom. The van der Waals surface area contributed by atoms with Crippen molar-refractivity contribution in [1.29, 1.82) is 5.26 Å². The van der Waals surface area contributed by atoms with Gasteiger partial charge in [-0.1, -0.05) is 23.7 Å². The first-order chi connectivity index (χ1) is 10.8. The number of nitriles is 1. The maximum atomic E-state index is 12.1. The number of nitrogens with one attached hydrogen (secondary N) is 1. The highest BCUT2D eigenvalue weighted by molar-refractivity contribution is 6.31. The van der Waals surface area contributed by atoms with Crippen LogP contribution in [0.3, 0.4) is 0 Å². The highest BCUT2D eigenvalue weighted by Crippen LogP contribution is 2.26. The molecule has 8 heteroatoms. The highest BCUT2D eigenvalue weighted by atomic mass is 35.5. The number of nitrogens with zero attached hydrogens (tertiary/aromatic N) is 2. The predicted octanol–water partition coefficient (Wildman–Crippen LogP) is 4.68. The third-order valence-corrected chi connectivity index (χ3v) is 3.23. The van der Waals surface area contributed by atoms with Crippen molar-refractivity contribution in [3.63, 3.8) is 0 Å². The van der Waals surface area contributed by atoms with Gasteiger partial charge in [-0.2, -0.15) is 5.26 Å². The second-order valence-corrected chi connectivity index (χ2v) is 5.03. The average Bonchev–Trinajstić information content (AvgIpc) is 2.48. The lowest BCUT2D eigenvalue weighted by molar-refractivity contribution is -0.274. The van der Waals surface area contributed by atoms with Crippen LogP contribution in [0.5, 0.6) is 5.75 Å². The van der Waals surface area contributed by atoms with E-state index in [1.165, 1.54) is 24.3 Å². The summed E-state index contributed by atoms with van der Waals surface area (Å²) < 4.78 is 40.2. The van der Waals surface area contributed by atoms with Crippen LogP contribution in [0, 0.1) is 11.3 Å². The fraction of sp³-hybridized carbons (Fsp3) is 0.200. The van der Waals surface area contributed by atoms with E-state index in [2.05, 4.69) is 15.0 Å². The molecular formula is C15H11ClF3N3O. The minimum absolute atomic E-state index is 0.0952. The van der Waals surface area contributed by atoms with Crippen LogP contribution in [0.1, 0.15) is 24.2 Å². The van der Waals surface area contributed by atoms with Gasteiger partial charge < -0.3 is 10.1 Å². The molecule has 0 amide bonds. The molecule has 2 rings (SSSR count). The fourth-order valence-electron chi connectivity index (χ4n) is 1.86. The monoisotopic (exact) mass is 341 g/mol. The van der Waals surface area contributed by atoms with Gasteiger partial charge in [0, 0.05) is 6.04 Å². The summed E-state index contributed by atoms with van der Waals surface area (Å²) in [5, 5.41) is 12.2. The molecule has 0 spiro atoms. The number of aromatic nitrogens is 1. The lowest BCUT2D eigenvalue weighted by atomic mass is 10.1. The van der Waals surface area contributed by atoms with Crippen LogP contribution >= 0.6 is 11.6 Å². The summed E-state index contributed by atoms with van der Waals surface area (Å²) in [5.74, 6) is 0.152. The van der Waals surface area contributed by atoms with E-state index in [1.54, 1.807) is 12.1 Å². The summed E-state index contributed by atoms with van der Waals surface area (Å²) in [6.45, 7) is 1.81.